The van der Waals surface area contributed by atoms with E-state index in [2.05, 4.69) is 10.1 Å². The van der Waals surface area contributed by atoms with Gasteiger partial charge in [0.1, 0.15) is 6.04 Å². The summed E-state index contributed by atoms with van der Waals surface area (Å²) in [5.74, 6) is 0.443. The molecule has 1 saturated carbocycles. The third-order valence-corrected chi connectivity index (χ3v) is 5.08. The highest BCUT2D eigenvalue weighted by Crippen LogP contribution is 2.24. The summed E-state index contributed by atoms with van der Waals surface area (Å²) in [5, 5.41) is 2.81. The van der Waals surface area contributed by atoms with Crippen LogP contribution in [-0.4, -0.2) is 62.8 Å². The highest BCUT2D eigenvalue weighted by Gasteiger charge is 2.31. The van der Waals surface area contributed by atoms with Crippen molar-refractivity contribution < 1.29 is 19.1 Å². The normalized spacial score (nSPS) is 18.2. The zero-order valence-electron chi connectivity index (χ0n) is 21.1. The number of ether oxygens (including phenoxy) is 2. The summed E-state index contributed by atoms with van der Waals surface area (Å²) in [4.78, 5) is 26.2. The Morgan fingerprint density at radius 1 is 0.933 bits per heavy atom. The number of carbonyl (C=O) groups is 2. The van der Waals surface area contributed by atoms with Gasteiger partial charge in [0.05, 0.1) is 6.10 Å². The second kappa shape index (κ2) is 21.1. The van der Waals surface area contributed by atoms with Crippen molar-refractivity contribution in [3.05, 3.63) is 0 Å². The SMILES string of the molecule is CC.CC.CC(=O)NC(C(=O)N1CCCCC1)C(C)OCC1CCCCC1.COC. The number of amides is 2. The van der Waals surface area contributed by atoms with Gasteiger partial charge in [0.2, 0.25) is 11.8 Å². The summed E-state index contributed by atoms with van der Waals surface area (Å²) < 4.78 is 10.2. The molecule has 0 radical (unpaired) electrons. The van der Waals surface area contributed by atoms with Crippen molar-refractivity contribution in [2.45, 2.75) is 105 Å². The zero-order valence-corrected chi connectivity index (χ0v) is 21.1. The molecule has 0 aromatic rings. The highest BCUT2D eigenvalue weighted by molar-refractivity contribution is 5.87. The molecule has 0 bridgehead atoms. The van der Waals surface area contributed by atoms with E-state index in [0.29, 0.717) is 12.5 Å². The third-order valence-electron chi connectivity index (χ3n) is 5.08. The Morgan fingerprint density at radius 2 is 1.40 bits per heavy atom. The van der Waals surface area contributed by atoms with Crippen LogP contribution in [0.15, 0.2) is 0 Å². The molecule has 6 heteroatoms. The molecule has 1 aliphatic heterocycles. The molecule has 1 N–H and O–H groups in total. The minimum atomic E-state index is -0.561. The van der Waals surface area contributed by atoms with Gasteiger partial charge in [-0.1, -0.05) is 47.0 Å². The molecular weight excluding hydrogens is 380 g/mol. The lowest BCUT2D eigenvalue weighted by Gasteiger charge is -2.33. The van der Waals surface area contributed by atoms with E-state index in [4.69, 9.17) is 4.74 Å². The number of methoxy groups -OCH3 is 1. The van der Waals surface area contributed by atoms with Gasteiger partial charge in [-0.3, -0.25) is 9.59 Å². The predicted octanol–water partition coefficient (Wildman–Crippen LogP) is 4.80. The van der Waals surface area contributed by atoms with Gasteiger partial charge in [0.25, 0.3) is 0 Å². The summed E-state index contributed by atoms with van der Waals surface area (Å²) in [7, 11) is 3.25. The Morgan fingerprint density at radius 3 is 1.87 bits per heavy atom. The van der Waals surface area contributed by atoms with E-state index in [9.17, 15) is 9.59 Å². The first-order valence-corrected chi connectivity index (χ1v) is 12.1. The van der Waals surface area contributed by atoms with Gasteiger partial charge in [-0.25, -0.2) is 0 Å². The molecule has 0 aromatic heterocycles. The Bertz CT molecular complexity index is 406. The molecule has 6 nitrogen and oxygen atoms in total. The molecule has 30 heavy (non-hydrogen) atoms. The predicted molar refractivity (Wildman–Crippen MR) is 126 cm³/mol. The summed E-state index contributed by atoms with van der Waals surface area (Å²) in [5.41, 5.74) is 0. The topological polar surface area (TPSA) is 67.9 Å². The minimum absolute atomic E-state index is 0.0102. The number of nitrogens with one attached hydrogen (secondary N) is 1. The molecule has 0 aromatic carbocycles. The molecule has 1 aliphatic carbocycles. The maximum Gasteiger partial charge on any atom is 0.247 e. The van der Waals surface area contributed by atoms with Gasteiger partial charge < -0.3 is 19.7 Å². The number of nitrogens with zero attached hydrogens (tertiary/aromatic N) is 1. The van der Waals surface area contributed by atoms with Crippen LogP contribution in [0.25, 0.3) is 0 Å². The average Bonchev–Trinajstić information content (AvgIpc) is 2.80. The maximum atomic E-state index is 12.8. The third kappa shape index (κ3) is 14.0. The standard InChI is InChI=1S/C18H32N2O3.C2H6O.2C2H6/c1-14(23-13-16-9-5-3-6-10-16)17(19-15(2)21)18(22)20-11-7-4-8-12-20;1-3-2;2*1-2/h14,16-17H,3-13H2,1-2H3,(H,19,21);1-2H3;2*1-2H3. The second-order valence-electron chi connectivity index (χ2n) is 7.51. The van der Waals surface area contributed by atoms with Crippen LogP contribution >= 0.6 is 0 Å². The zero-order chi connectivity index (χ0) is 23.4. The quantitative estimate of drug-likeness (QED) is 0.657. The number of likely N-dealkylation sites (tertiary alicyclic amines) is 1. The molecule has 0 spiro atoms. The Balaban J connectivity index is 0. The first-order valence-electron chi connectivity index (χ1n) is 12.1. The van der Waals surface area contributed by atoms with E-state index in [1.54, 1.807) is 14.2 Å². The van der Waals surface area contributed by atoms with Crippen LogP contribution in [0, 0.1) is 5.92 Å². The van der Waals surface area contributed by atoms with Crippen LogP contribution < -0.4 is 5.32 Å². The monoisotopic (exact) mass is 430 g/mol. The number of hydrogen-bond donors (Lipinski definition) is 1. The summed E-state index contributed by atoms with van der Waals surface area (Å²) in [6, 6.07) is -0.561. The van der Waals surface area contributed by atoms with E-state index in [0.717, 1.165) is 25.9 Å². The molecule has 2 fully saturated rings. The van der Waals surface area contributed by atoms with Crippen LogP contribution in [0.3, 0.4) is 0 Å². The molecule has 180 valence electrons. The molecule has 1 heterocycles. The number of carbonyl (C=O) groups excluding carboxylic acids is 2. The highest BCUT2D eigenvalue weighted by atomic mass is 16.5. The summed E-state index contributed by atoms with van der Waals surface area (Å²) in [6.07, 6.45) is 9.33. The number of hydrogen-bond acceptors (Lipinski definition) is 4. The van der Waals surface area contributed by atoms with Crippen molar-refractivity contribution in [1.29, 1.82) is 0 Å². The van der Waals surface area contributed by atoms with E-state index < -0.39 is 6.04 Å². The molecule has 2 aliphatic rings. The van der Waals surface area contributed by atoms with Crippen LogP contribution in [0.1, 0.15) is 92.9 Å². The van der Waals surface area contributed by atoms with Crippen molar-refractivity contribution in [1.82, 2.24) is 10.2 Å². The van der Waals surface area contributed by atoms with E-state index in [-0.39, 0.29) is 17.9 Å². The minimum Gasteiger partial charge on any atom is -0.388 e. The van der Waals surface area contributed by atoms with Crippen molar-refractivity contribution in [3.8, 4) is 0 Å². The van der Waals surface area contributed by atoms with Gasteiger partial charge in [-0.2, -0.15) is 0 Å². The molecule has 1 saturated heterocycles. The Hall–Kier alpha value is -1.14. The largest absolute Gasteiger partial charge is 0.388 e. The van der Waals surface area contributed by atoms with E-state index in [1.807, 2.05) is 39.5 Å². The summed E-state index contributed by atoms with van der Waals surface area (Å²) in [6.45, 7) is 13.7. The van der Waals surface area contributed by atoms with Crippen LogP contribution in [-0.2, 0) is 19.1 Å². The fourth-order valence-corrected chi connectivity index (χ4v) is 3.65. The van der Waals surface area contributed by atoms with Crippen molar-refractivity contribution in [2.75, 3.05) is 33.9 Å². The maximum absolute atomic E-state index is 12.8. The lowest BCUT2D eigenvalue weighted by Crippen LogP contribution is -2.55. The van der Waals surface area contributed by atoms with Crippen molar-refractivity contribution >= 4 is 11.8 Å². The number of rotatable bonds is 6. The van der Waals surface area contributed by atoms with Crippen LogP contribution in [0.4, 0.5) is 0 Å². The average molecular weight is 431 g/mol. The first kappa shape index (κ1) is 31.0. The molecule has 2 unspecified atom stereocenters. The fraction of sp³-hybridized carbons (Fsp3) is 0.917. The first-order chi connectivity index (χ1) is 14.5. The smallest absolute Gasteiger partial charge is 0.247 e. The molecule has 2 amide bonds. The molecular formula is C24H50N2O4. The fourth-order valence-electron chi connectivity index (χ4n) is 3.65. The second-order valence-corrected chi connectivity index (χ2v) is 7.51. The van der Waals surface area contributed by atoms with Gasteiger partial charge >= 0.3 is 0 Å². The van der Waals surface area contributed by atoms with Crippen LogP contribution in [0.2, 0.25) is 0 Å². The van der Waals surface area contributed by atoms with Crippen molar-refractivity contribution in [2.24, 2.45) is 5.92 Å². The lowest BCUT2D eigenvalue weighted by atomic mass is 9.90. The van der Waals surface area contributed by atoms with Gasteiger partial charge in [0, 0.05) is 40.8 Å². The Labute approximate surface area is 186 Å². The van der Waals surface area contributed by atoms with Gasteiger partial charge in [-0.05, 0) is 44.9 Å². The van der Waals surface area contributed by atoms with Crippen molar-refractivity contribution in [3.63, 3.8) is 0 Å². The van der Waals surface area contributed by atoms with E-state index >= 15 is 0 Å². The lowest BCUT2D eigenvalue weighted by molar-refractivity contribution is -0.141. The van der Waals surface area contributed by atoms with E-state index in [1.165, 1.54) is 45.4 Å². The van der Waals surface area contributed by atoms with Gasteiger partial charge in [0.15, 0.2) is 0 Å². The molecule has 2 atom stereocenters. The molecule has 2 rings (SSSR count). The summed E-state index contributed by atoms with van der Waals surface area (Å²) >= 11 is 0. The Kier molecular flexibility index (Phi) is 21.8. The number of piperidine rings is 1. The van der Waals surface area contributed by atoms with Crippen LogP contribution in [0.5, 0.6) is 0 Å². The van der Waals surface area contributed by atoms with Gasteiger partial charge in [-0.15, -0.1) is 0 Å².